The van der Waals surface area contributed by atoms with Gasteiger partial charge in [-0.15, -0.1) is 0 Å². The van der Waals surface area contributed by atoms with E-state index in [1.54, 1.807) is 18.2 Å². The number of nitrogens with one attached hydrogen (secondary N) is 2. The van der Waals surface area contributed by atoms with Crippen molar-refractivity contribution in [3.8, 4) is 0 Å². The Hall–Kier alpha value is -1.98. The molecular formula is C14H12Cl2FN3O. The Bertz CT molecular complexity index is 684. The maximum absolute atomic E-state index is 13.4. The van der Waals surface area contributed by atoms with E-state index in [0.717, 1.165) is 0 Å². The second-order valence-electron chi connectivity index (χ2n) is 4.26. The van der Waals surface area contributed by atoms with Crippen LogP contribution >= 0.6 is 23.2 Å². The first-order chi connectivity index (χ1) is 9.92. The van der Waals surface area contributed by atoms with Gasteiger partial charge in [0, 0.05) is 18.4 Å². The van der Waals surface area contributed by atoms with E-state index in [-0.39, 0.29) is 16.0 Å². The minimum atomic E-state index is -0.692. The molecule has 0 saturated carbocycles. The van der Waals surface area contributed by atoms with Crippen molar-refractivity contribution in [1.82, 2.24) is 5.32 Å². The predicted octanol–water partition coefficient (Wildman–Crippen LogP) is 3.82. The number of carbonyl (C=O) groups is 1. The quantitative estimate of drug-likeness (QED) is 0.593. The zero-order chi connectivity index (χ0) is 15.6. The first-order valence-corrected chi connectivity index (χ1v) is 6.71. The maximum atomic E-state index is 13.4. The molecule has 2 rings (SSSR count). The number of carbonyl (C=O) groups excluding carboxylic acids is 1. The van der Waals surface area contributed by atoms with Crippen LogP contribution in [0.5, 0.6) is 0 Å². The molecule has 4 N–H and O–H groups in total. The van der Waals surface area contributed by atoms with Crippen molar-refractivity contribution in [3.63, 3.8) is 0 Å². The van der Waals surface area contributed by atoms with Gasteiger partial charge in [0.05, 0.1) is 21.3 Å². The van der Waals surface area contributed by atoms with Gasteiger partial charge in [-0.2, -0.15) is 0 Å². The Morgan fingerprint density at radius 1 is 1.19 bits per heavy atom. The SMILES string of the molecule is CNC(=O)c1ccc(N)cc1Nc1cc(Cl)c(F)c(Cl)c1. The van der Waals surface area contributed by atoms with Crippen LogP contribution in [-0.2, 0) is 0 Å². The highest BCUT2D eigenvalue weighted by molar-refractivity contribution is 6.35. The number of amides is 1. The highest BCUT2D eigenvalue weighted by Gasteiger charge is 2.13. The fourth-order valence-electron chi connectivity index (χ4n) is 1.78. The minimum absolute atomic E-state index is 0.115. The van der Waals surface area contributed by atoms with E-state index in [1.807, 2.05) is 0 Å². The van der Waals surface area contributed by atoms with Crippen LogP contribution in [0.15, 0.2) is 30.3 Å². The molecule has 0 unspecified atom stereocenters. The normalized spacial score (nSPS) is 10.3. The fraction of sp³-hybridized carbons (Fsp3) is 0.0714. The van der Waals surface area contributed by atoms with E-state index >= 15 is 0 Å². The zero-order valence-corrected chi connectivity index (χ0v) is 12.5. The lowest BCUT2D eigenvalue weighted by Crippen LogP contribution is -2.19. The maximum Gasteiger partial charge on any atom is 0.253 e. The summed E-state index contributed by atoms with van der Waals surface area (Å²) >= 11 is 11.5. The van der Waals surface area contributed by atoms with Crippen LogP contribution < -0.4 is 16.4 Å². The number of hydrogen-bond acceptors (Lipinski definition) is 3. The number of halogens is 3. The van der Waals surface area contributed by atoms with Crippen LogP contribution in [-0.4, -0.2) is 13.0 Å². The largest absolute Gasteiger partial charge is 0.399 e. The third kappa shape index (κ3) is 3.37. The van der Waals surface area contributed by atoms with E-state index in [9.17, 15) is 9.18 Å². The van der Waals surface area contributed by atoms with Gasteiger partial charge in [-0.1, -0.05) is 23.2 Å². The van der Waals surface area contributed by atoms with Crippen molar-refractivity contribution >= 4 is 46.2 Å². The lowest BCUT2D eigenvalue weighted by atomic mass is 10.1. The van der Waals surface area contributed by atoms with Crippen molar-refractivity contribution in [3.05, 3.63) is 51.8 Å². The van der Waals surface area contributed by atoms with Crippen molar-refractivity contribution in [2.45, 2.75) is 0 Å². The summed E-state index contributed by atoms with van der Waals surface area (Å²) in [5, 5.41) is 5.26. The second-order valence-corrected chi connectivity index (χ2v) is 5.08. The molecular weight excluding hydrogens is 316 g/mol. The summed E-state index contributed by atoms with van der Waals surface area (Å²) in [6.45, 7) is 0. The van der Waals surface area contributed by atoms with E-state index < -0.39 is 5.82 Å². The summed E-state index contributed by atoms with van der Waals surface area (Å²) < 4.78 is 13.4. The van der Waals surface area contributed by atoms with Gasteiger partial charge in [-0.3, -0.25) is 4.79 Å². The van der Waals surface area contributed by atoms with E-state index in [0.29, 0.717) is 22.6 Å². The zero-order valence-electron chi connectivity index (χ0n) is 11.0. The molecule has 7 heteroatoms. The molecule has 0 bridgehead atoms. The molecule has 21 heavy (non-hydrogen) atoms. The van der Waals surface area contributed by atoms with Crippen LogP contribution in [0.25, 0.3) is 0 Å². The minimum Gasteiger partial charge on any atom is -0.399 e. The van der Waals surface area contributed by atoms with E-state index in [2.05, 4.69) is 10.6 Å². The van der Waals surface area contributed by atoms with Gasteiger partial charge in [0.25, 0.3) is 5.91 Å². The van der Waals surface area contributed by atoms with Crippen LogP contribution in [0.4, 0.5) is 21.5 Å². The van der Waals surface area contributed by atoms with Crippen LogP contribution in [0.1, 0.15) is 10.4 Å². The summed E-state index contributed by atoms with van der Waals surface area (Å²) in [5.74, 6) is -0.972. The van der Waals surface area contributed by atoms with Gasteiger partial charge in [-0.25, -0.2) is 4.39 Å². The van der Waals surface area contributed by atoms with Gasteiger partial charge in [0.2, 0.25) is 0 Å². The summed E-state index contributed by atoms with van der Waals surface area (Å²) in [4.78, 5) is 11.8. The molecule has 4 nitrogen and oxygen atoms in total. The standard InChI is InChI=1S/C14H12Cl2FN3O/c1-19-14(21)9-3-2-7(18)4-12(9)20-8-5-10(15)13(17)11(16)6-8/h2-6,20H,18H2,1H3,(H,19,21). The smallest absolute Gasteiger partial charge is 0.253 e. The first-order valence-electron chi connectivity index (χ1n) is 5.95. The highest BCUT2D eigenvalue weighted by Crippen LogP contribution is 2.30. The molecule has 0 radical (unpaired) electrons. The molecule has 0 fully saturated rings. The Balaban J connectivity index is 2.43. The molecule has 0 heterocycles. The predicted molar refractivity (Wildman–Crippen MR) is 83.9 cm³/mol. The number of nitrogens with two attached hydrogens (primary N) is 1. The lowest BCUT2D eigenvalue weighted by Gasteiger charge is -2.13. The Kier molecular flexibility index (Phi) is 4.55. The monoisotopic (exact) mass is 327 g/mol. The molecule has 0 saturated heterocycles. The highest BCUT2D eigenvalue weighted by atomic mass is 35.5. The Morgan fingerprint density at radius 3 is 2.38 bits per heavy atom. The molecule has 2 aromatic rings. The number of benzene rings is 2. The van der Waals surface area contributed by atoms with E-state index in [1.165, 1.54) is 19.2 Å². The van der Waals surface area contributed by atoms with E-state index in [4.69, 9.17) is 28.9 Å². The van der Waals surface area contributed by atoms with Gasteiger partial charge in [0.15, 0.2) is 5.82 Å². The van der Waals surface area contributed by atoms with Gasteiger partial charge in [-0.05, 0) is 30.3 Å². The number of hydrogen-bond donors (Lipinski definition) is 3. The molecule has 0 aliphatic heterocycles. The van der Waals surface area contributed by atoms with Crippen LogP contribution in [0, 0.1) is 5.82 Å². The molecule has 0 aliphatic rings. The average Bonchev–Trinajstić information content (AvgIpc) is 2.44. The Morgan fingerprint density at radius 2 is 1.81 bits per heavy atom. The van der Waals surface area contributed by atoms with Crippen molar-refractivity contribution < 1.29 is 9.18 Å². The molecule has 110 valence electrons. The number of nitrogen functional groups attached to an aromatic ring is 1. The van der Waals surface area contributed by atoms with Crippen molar-refractivity contribution in [2.24, 2.45) is 0 Å². The van der Waals surface area contributed by atoms with Crippen molar-refractivity contribution in [2.75, 3.05) is 18.1 Å². The number of anilines is 3. The fourth-order valence-corrected chi connectivity index (χ4v) is 2.27. The molecule has 0 atom stereocenters. The van der Waals surface area contributed by atoms with Gasteiger partial charge < -0.3 is 16.4 Å². The molecule has 2 aromatic carbocycles. The second kappa shape index (κ2) is 6.20. The third-order valence-corrected chi connectivity index (χ3v) is 3.33. The summed E-state index contributed by atoms with van der Waals surface area (Å²) in [7, 11) is 1.52. The molecule has 1 amide bonds. The van der Waals surface area contributed by atoms with Crippen molar-refractivity contribution in [1.29, 1.82) is 0 Å². The summed E-state index contributed by atoms with van der Waals surface area (Å²) in [6, 6.07) is 7.54. The first kappa shape index (κ1) is 15.4. The summed E-state index contributed by atoms with van der Waals surface area (Å²) in [5.41, 5.74) is 7.50. The molecule has 0 aliphatic carbocycles. The Labute approximate surface area is 131 Å². The third-order valence-electron chi connectivity index (χ3n) is 2.78. The van der Waals surface area contributed by atoms with Crippen LogP contribution in [0.2, 0.25) is 10.0 Å². The molecule has 0 aromatic heterocycles. The number of rotatable bonds is 3. The summed E-state index contributed by atoms with van der Waals surface area (Å²) in [6.07, 6.45) is 0. The topological polar surface area (TPSA) is 67.2 Å². The average molecular weight is 328 g/mol. The lowest BCUT2D eigenvalue weighted by molar-refractivity contribution is 0.0964. The molecule has 0 spiro atoms. The van der Waals surface area contributed by atoms with Gasteiger partial charge in [0.1, 0.15) is 0 Å². The van der Waals surface area contributed by atoms with Gasteiger partial charge >= 0.3 is 0 Å². The van der Waals surface area contributed by atoms with Crippen LogP contribution in [0.3, 0.4) is 0 Å².